The summed E-state index contributed by atoms with van der Waals surface area (Å²) < 4.78 is 0. The Bertz CT molecular complexity index is 699. The molecular formula is C19H21N3OS. The smallest absolute Gasteiger partial charge is 0.221 e. The van der Waals surface area contributed by atoms with Crippen molar-refractivity contribution < 1.29 is 4.79 Å². The van der Waals surface area contributed by atoms with Gasteiger partial charge >= 0.3 is 0 Å². The van der Waals surface area contributed by atoms with Gasteiger partial charge in [-0.2, -0.15) is 0 Å². The second-order valence-corrected chi connectivity index (χ2v) is 7.35. The highest BCUT2D eigenvalue weighted by Crippen LogP contribution is 2.47. The number of hydrogen-bond donors (Lipinski definition) is 2. The van der Waals surface area contributed by atoms with Crippen LogP contribution >= 0.6 is 11.8 Å². The van der Waals surface area contributed by atoms with E-state index in [1.165, 1.54) is 21.2 Å². The topological polar surface area (TPSA) is 44.4 Å². The molecule has 2 aliphatic heterocycles. The van der Waals surface area contributed by atoms with Gasteiger partial charge in [-0.05, 0) is 24.3 Å². The molecule has 1 saturated heterocycles. The number of benzene rings is 2. The number of nitrogens with zero attached hydrogens (tertiary/aromatic N) is 1. The fraction of sp³-hybridized carbons (Fsp3) is 0.316. The van der Waals surface area contributed by atoms with E-state index in [-0.39, 0.29) is 5.91 Å². The van der Waals surface area contributed by atoms with Crippen molar-refractivity contribution in [3.05, 3.63) is 48.5 Å². The second kappa shape index (κ2) is 6.87. The van der Waals surface area contributed by atoms with Gasteiger partial charge in [-0.25, -0.2) is 0 Å². The maximum absolute atomic E-state index is 12.2. The van der Waals surface area contributed by atoms with Gasteiger partial charge < -0.3 is 15.5 Å². The number of rotatable bonds is 5. The molecule has 2 aromatic rings. The van der Waals surface area contributed by atoms with Crippen LogP contribution in [0.3, 0.4) is 0 Å². The van der Waals surface area contributed by atoms with Gasteiger partial charge in [0.05, 0.1) is 11.4 Å². The van der Waals surface area contributed by atoms with Crippen LogP contribution in [0.4, 0.5) is 11.4 Å². The highest BCUT2D eigenvalue weighted by atomic mass is 32.2. The van der Waals surface area contributed by atoms with E-state index >= 15 is 0 Å². The van der Waals surface area contributed by atoms with E-state index in [9.17, 15) is 4.79 Å². The van der Waals surface area contributed by atoms with Gasteiger partial charge in [-0.1, -0.05) is 36.0 Å². The Morgan fingerprint density at radius 3 is 2.29 bits per heavy atom. The Morgan fingerprint density at radius 2 is 1.71 bits per heavy atom. The Morgan fingerprint density at radius 1 is 1.08 bits per heavy atom. The highest BCUT2D eigenvalue weighted by molar-refractivity contribution is 7.99. The van der Waals surface area contributed by atoms with Gasteiger partial charge in [-0.3, -0.25) is 4.79 Å². The molecule has 4 nitrogen and oxygen atoms in total. The average molecular weight is 339 g/mol. The largest absolute Gasteiger partial charge is 0.356 e. The first-order valence-electron chi connectivity index (χ1n) is 8.42. The molecule has 5 heteroatoms. The number of carbonyl (C=O) groups excluding carboxylic acids is 1. The molecule has 0 radical (unpaired) electrons. The first-order chi connectivity index (χ1) is 11.8. The summed E-state index contributed by atoms with van der Waals surface area (Å²) in [5.41, 5.74) is 2.38. The summed E-state index contributed by atoms with van der Waals surface area (Å²) in [5, 5.41) is 6.29. The minimum Gasteiger partial charge on any atom is -0.356 e. The molecule has 0 bridgehead atoms. The highest BCUT2D eigenvalue weighted by Gasteiger charge is 2.23. The van der Waals surface area contributed by atoms with Crippen LogP contribution in [0.15, 0.2) is 58.3 Å². The molecular weight excluding hydrogens is 318 g/mol. The van der Waals surface area contributed by atoms with E-state index in [4.69, 9.17) is 0 Å². The average Bonchev–Trinajstić information content (AvgIpc) is 2.57. The van der Waals surface area contributed by atoms with Crippen molar-refractivity contribution >= 4 is 29.0 Å². The Kier molecular flexibility index (Phi) is 4.45. The second-order valence-electron chi connectivity index (χ2n) is 6.27. The molecule has 0 aromatic heterocycles. The van der Waals surface area contributed by atoms with E-state index in [0.717, 1.165) is 19.6 Å². The molecule has 124 valence electrons. The molecule has 0 unspecified atom stereocenters. The summed E-state index contributed by atoms with van der Waals surface area (Å²) in [4.78, 5) is 17.0. The van der Waals surface area contributed by atoms with Crippen molar-refractivity contribution in [2.45, 2.75) is 16.2 Å². The molecule has 0 aliphatic carbocycles. The summed E-state index contributed by atoms with van der Waals surface area (Å²) in [7, 11) is 0. The van der Waals surface area contributed by atoms with Crippen LogP contribution in [-0.4, -0.2) is 32.1 Å². The fourth-order valence-corrected chi connectivity index (χ4v) is 4.17. The van der Waals surface area contributed by atoms with Crippen LogP contribution in [0.25, 0.3) is 0 Å². The lowest BCUT2D eigenvalue weighted by Crippen LogP contribution is -2.48. The van der Waals surface area contributed by atoms with Crippen LogP contribution in [0.2, 0.25) is 0 Å². The van der Waals surface area contributed by atoms with Gasteiger partial charge in [0, 0.05) is 48.3 Å². The molecule has 1 fully saturated rings. The van der Waals surface area contributed by atoms with Crippen molar-refractivity contribution in [2.75, 3.05) is 31.1 Å². The molecule has 0 spiro atoms. The minimum absolute atomic E-state index is 0.134. The number of anilines is 2. The third kappa shape index (κ3) is 3.14. The molecule has 0 saturated carbocycles. The lowest BCUT2D eigenvalue weighted by molar-refractivity contribution is -0.121. The molecule has 4 rings (SSSR count). The maximum atomic E-state index is 12.2. The predicted molar refractivity (Wildman–Crippen MR) is 98.0 cm³/mol. The number of carbonyl (C=O) groups is 1. The normalized spacial score (nSPS) is 16.1. The maximum Gasteiger partial charge on any atom is 0.221 e. The Hall–Kier alpha value is -1.98. The zero-order valence-electron chi connectivity index (χ0n) is 13.5. The number of amides is 1. The summed E-state index contributed by atoms with van der Waals surface area (Å²) in [6.45, 7) is 3.52. The molecule has 2 aromatic carbocycles. The summed E-state index contributed by atoms with van der Waals surface area (Å²) in [6, 6.07) is 16.8. The summed E-state index contributed by atoms with van der Waals surface area (Å²) in [5.74, 6) is 0.733. The number of fused-ring (bicyclic) bond motifs is 2. The first kappa shape index (κ1) is 15.5. The van der Waals surface area contributed by atoms with Gasteiger partial charge in [0.15, 0.2) is 0 Å². The van der Waals surface area contributed by atoms with Crippen molar-refractivity contribution in [3.63, 3.8) is 0 Å². The Balaban J connectivity index is 1.46. The number of hydrogen-bond acceptors (Lipinski definition) is 4. The van der Waals surface area contributed by atoms with Crippen LogP contribution in [0.1, 0.15) is 6.42 Å². The lowest BCUT2D eigenvalue weighted by Gasteiger charge is -2.32. The zero-order valence-corrected chi connectivity index (χ0v) is 14.3. The molecule has 0 atom stereocenters. The van der Waals surface area contributed by atoms with Crippen molar-refractivity contribution in [1.82, 2.24) is 10.6 Å². The van der Waals surface area contributed by atoms with Gasteiger partial charge in [0.2, 0.25) is 5.91 Å². The molecule has 2 aliphatic rings. The SMILES string of the molecule is O=C(CCN1c2ccccc2Sc2ccccc21)NCC1CNC1. The van der Waals surface area contributed by atoms with E-state index < -0.39 is 0 Å². The van der Waals surface area contributed by atoms with E-state index in [1.54, 1.807) is 11.8 Å². The molecule has 2 heterocycles. The monoisotopic (exact) mass is 339 g/mol. The lowest BCUT2D eigenvalue weighted by atomic mass is 10.0. The summed E-state index contributed by atoms with van der Waals surface area (Å²) >= 11 is 1.80. The Labute approximate surface area is 146 Å². The van der Waals surface area contributed by atoms with Gasteiger partial charge in [-0.15, -0.1) is 0 Å². The van der Waals surface area contributed by atoms with Crippen molar-refractivity contribution in [1.29, 1.82) is 0 Å². The van der Waals surface area contributed by atoms with Crippen molar-refractivity contribution in [3.8, 4) is 0 Å². The van der Waals surface area contributed by atoms with Gasteiger partial charge in [0.1, 0.15) is 0 Å². The van der Waals surface area contributed by atoms with Crippen LogP contribution in [0.5, 0.6) is 0 Å². The van der Waals surface area contributed by atoms with Crippen LogP contribution in [-0.2, 0) is 4.79 Å². The predicted octanol–water partition coefficient (Wildman–Crippen LogP) is 3.02. The molecule has 2 N–H and O–H groups in total. The quantitative estimate of drug-likeness (QED) is 0.879. The van der Waals surface area contributed by atoms with E-state index in [2.05, 4.69) is 64.1 Å². The third-order valence-electron chi connectivity index (χ3n) is 4.55. The molecule has 24 heavy (non-hydrogen) atoms. The minimum atomic E-state index is 0.134. The standard InChI is InChI=1S/C19H21N3OS/c23-19(21-13-14-11-20-12-14)9-10-22-15-5-1-3-7-17(15)24-18-8-4-2-6-16(18)22/h1-8,14,20H,9-13H2,(H,21,23). The van der Waals surface area contributed by atoms with Crippen LogP contribution < -0.4 is 15.5 Å². The zero-order chi connectivity index (χ0) is 16.4. The first-order valence-corrected chi connectivity index (χ1v) is 9.24. The van der Waals surface area contributed by atoms with Gasteiger partial charge in [0.25, 0.3) is 0 Å². The fourth-order valence-electron chi connectivity index (χ4n) is 3.07. The van der Waals surface area contributed by atoms with Crippen molar-refractivity contribution in [2.24, 2.45) is 5.92 Å². The number of para-hydroxylation sites is 2. The number of nitrogens with one attached hydrogen (secondary N) is 2. The van der Waals surface area contributed by atoms with E-state index in [0.29, 0.717) is 18.9 Å². The van der Waals surface area contributed by atoms with E-state index in [1.807, 2.05) is 0 Å². The van der Waals surface area contributed by atoms with Crippen LogP contribution in [0, 0.1) is 5.92 Å². The summed E-state index contributed by atoms with van der Waals surface area (Å²) in [6.07, 6.45) is 0.507. The molecule has 1 amide bonds. The third-order valence-corrected chi connectivity index (χ3v) is 5.68.